The smallest absolute Gasteiger partial charge is 0.200 e. The standard InChI is InChI=1S/C21H20ClNO4/c1-11(24)20-17-8-16(18(22)9-19(17)23-21(20)26)13-2-4-15(5-3-13)27-10-12-6-14(25)7-12/h2-5,8-9,12,14,23,25-26H,6-7,10H2,1H3. The second-order valence-corrected chi connectivity index (χ2v) is 7.52. The fraction of sp³-hybridized carbons (Fsp3) is 0.286. The van der Waals surface area contributed by atoms with Crippen molar-refractivity contribution in [1.82, 2.24) is 4.98 Å². The Bertz CT molecular complexity index is 1000. The van der Waals surface area contributed by atoms with Crippen molar-refractivity contribution in [3.05, 3.63) is 47.0 Å². The Kier molecular flexibility index (Phi) is 4.58. The summed E-state index contributed by atoms with van der Waals surface area (Å²) in [5, 5.41) is 20.5. The molecule has 5 nitrogen and oxygen atoms in total. The molecule has 1 heterocycles. The highest BCUT2D eigenvalue weighted by molar-refractivity contribution is 6.34. The predicted molar refractivity (Wildman–Crippen MR) is 105 cm³/mol. The molecule has 0 unspecified atom stereocenters. The molecule has 0 amide bonds. The summed E-state index contributed by atoms with van der Waals surface area (Å²) in [4.78, 5) is 14.6. The zero-order chi connectivity index (χ0) is 19.1. The average molecular weight is 386 g/mol. The third kappa shape index (κ3) is 3.40. The Morgan fingerprint density at radius 1 is 1.26 bits per heavy atom. The third-order valence-corrected chi connectivity index (χ3v) is 5.39. The number of nitrogens with one attached hydrogen (secondary N) is 1. The van der Waals surface area contributed by atoms with Crippen LogP contribution in [0.5, 0.6) is 11.6 Å². The zero-order valence-corrected chi connectivity index (χ0v) is 15.6. The number of H-pyrrole nitrogens is 1. The summed E-state index contributed by atoms with van der Waals surface area (Å²) in [5.41, 5.74) is 2.56. The maximum absolute atomic E-state index is 11.9. The molecule has 0 spiro atoms. The molecule has 1 aliphatic carbocycles. The molecule has 0 radical (unpaired) electrons. The number of aromatic hydroxyl groups is 1. The number of rotatable bonds is 5. The van der Waals surface area contributed by atoms with Gasteiger partial charge in [0.25, 0.3) is 0 Å². The molecule has 0 saturated heterocycles. The molecule has 140 valence electrons. The van der Waals surface area contributed by atoms with Crippen molar-refractivity contribution in [3.8, 4) is 22.8 Å². The molecule has 1 saturated carbocycles. The van der Waals surface area contributed by atoms with Gasteiger partial charge in [0.05, 0.1) is 28.8 Å². The highest BCUT2D eigenvalue weighted by Gasteiger charge is 2.27. The Balaban J connectivity index is 1.60. The van der Waals surface area contributed by atoms with Gasteiger partial charge in [-0.05, 0) is 55.5 Å². The lowest BCUT2D eigenvalue weighted by molar-refractivity contribution is 0.0203. The summed E-state index contributed by atoms with van der Waals surface area (Å²) >= 11 is 6.42. The molecule has 1 aromatic heterocycles. The minimum atomic E-state index is -0.211. The van der Waals surface area contributed by atoms with Crippen molar-refractivity contribution in [1.29, 1.82) is 0 Å². The summed E-state index contributed by atoms with van der Waals surface area (Å²) in [7, 11) is 0. The molecule has 1 fully saturated rings. The van der Waals surface area contributed by atoms with Gasteiger partial charge in [-0.15, -0.1) is 0 Å². The molecular formula is C21H20ClNO4. The maximum Gasteiger partial charge on any atom is 0.200 e. The number of carbonyl (C=O) groups excluding carboxylic acids is 1. The number of ether oxygens (including phenoxy) is 1. The molecule has 1 aliphatic rings. The number of aliphatic hydroxyl groups excluding tert-OH is 1. The normalized spacial score (nSPS) is 19.1. The fourth-order valence-corrected chi connectivity index (χ4v) is 3.83. The van der Waals surface area contributed by atoms with Gasteiger partial charge in [0.2, 0.25) is 5.88 Å². The van der Waals surface area contributed by atoms with Crippen molar-refractivity contribution in [2.24, 2.45) is 5.92 Å². The van der Waals surface area contributed by atoms with Gasteiger partial charge in [0.15, 0.2) is 5.78 Å². The first kappa shape index (κ1) is 17.9. The van der Waals surface area contributed by atoms with Crippen LogP contribution >= 0.6 is 11.6 Å². The number of hydrogen-bond acceptors (Lipinski definition) is 4. The van der Waals surface area contributed by atoms with Crippen molar-refractivity contribution in [2.45, 2.75) is 25.9 Å². The van der Waals surface area contributed by atoms with Crippen molar-refractivity contribution < 1.29 is 19.7 Å². The van der Waals surface area contributed by atoms with E-state index in [2.05, 4.69) is 4.98 Å². The lowest BCUT2D eigenvalue weighted by atomic mass is 9.83. The van der Waals surface area contributed by atoms with Crippen LogP contribution in [0, 0.1) is 5.92 Å². The van der Waals surface area contributed by atoms with E-state index in [-0.39, 0.29) is 23.3 Å². The molecule has 6 heteroatoms. The molecule has 2 aromatic carbocycles. The number of fused-ring (bicyclic) bond motifs is 1. The second kappa shape index (κ2) is 6.91. The highest BCUT2D eigenvalue weighted by Crippen LogP contribution is 2.37. The van der Waals surface area contributed by atoms with Crippen molar-refractivity contribution >= 4 is 28.3 Å². The third-order valence-electron chi connectivity index (χ3n) is 5.08. The first-order valence-electron chi connectivity index (χ1n) is 8.89. The second-order valence-electron chi connectivity index (χ2n) is 7.11. The van der Waals surface area contributed by atoms with E-state index in [0.29, 0.717) is 28.5 Å². The number of carbonyl (C=O) groups is 1. The molecule has 3 aromatic rings. The number of benzene rings is 2. The summed E-state index contributed by atoms with van der Waals surface area (Å²) < 4.78 is 5.78. The summed E-state index contributed by atoms with van der Waals surface area (Å²) in [6, 6.07) is 11.1. The summed E-state index contributed by atoms with van der Waals surface area (Å²) in [6.45, 7) is 2.03. The fourth-order valence-electron chi connectivity index (χ4n) is 3.56. The first-order valence-corrected chi connectivity index (χ1v) is 9.26. The van der Waals surface area contributed by atoms with Crippen LogP contribution in [-0.2, 0) is 0 Å². The minimum Gasteiger partial charge on any atom is -0.494 e. The molecule has 4 rings (SSSR count). The maximum atomic E-state index is 11.9. The topological polar surface area (TPSA) is 82.5 Å². The van der Waals surface area contributed by atoms with Crippen LogP contribution in [-0.4, -0.2) is 33.7 Å². The molecular weight excluding hydrogens is 366 g/mol. The number of hydrogen-bond donors (Lipinski definition) is 3. The average Bonchev–Trinajstić information content (AvgIpc) is 2.92. The van der Waals surface area contributed by atoms with Crippen LogP contribution in [0.15, 0.2) is 36.4 Å². The highest BCUT2D eigenvalue weighted by atomic mass is 35.5. The van der Waals surface area contributed by atoms with Crippen LogP contribution in [0.25, 0.3) is 22.0 Å². The van der Waals surface area contributed by atoms with Gasteiger partial charge in [-0.3, -0.25) is 4.79 Å². The van der Waals surface area contributed by atoms with Crippen molar-refractivity contribution in [3.63, 3.8) is 0 Å². The number of halogens is 1. The van der Waals surface area contributed by atoms with E-state index in [0.717, 1.165) is 29.7 Å². The van der Waals surface area contributed by atoms with Gasteiger partial charge >= 0.3 is 0 Å². The Morgan fingerprint density at radius 2 is 1.96 bits per heavy atom. The first-order chi connectivity index (χ1) is 12.9. The Morgan fingerprint density at radius 3 is 2.59 bits per heavy atom. The minimum absolute atomic E-state index is 0.143. The van der Waals surface area contributed by atoms with Gasteiger partial charge in [0, 0.05) is 10.9 Å². The van der Waals surface area contributed by atoms with Crippen LogP contribution < -0.4 is 4.74 Å². The van der Waals surface area contributed by atoms with Gasteiger partial charge in [0.1, 0.15) is 5.75 Å². The lowest BCUT2D eigenvalue weighted by Crippen LogP contribution is -2.32. The Labute approximate surface area is 161 Å². The van der Waals surface area contributed by atoms with Crippen LogP contribution in [0.4, 0.5) is 0 Å². The van der Waals surface area contributed by atoms with E-state index in [9.17, 15) is 15.0 Å². The van der Waals surface area contributed by atoms with Crippen LogP contribution in [0.3, 0.4) is 0 Å². The Hall–Kier alpha value is -2.50. The lowest BCUT2D eigenvalue weighted by Gasteiger charge is -2.30. The SMILES string of the molecule is CC(=O)c1c(O)[nH]c2cc(Cl)c(-c3ccc(OCC4CC(O)C4)cc3)cc12. The molecule has 0 atom stereocenters. The van der Waals surface area contributed by atoms with E-state index in [1.54, 1.807) is 6.07 Å². The van der Waals surface area contributed by atoms with Gasteiger partial charge in [-0.1, -0.05) is 23.7 Å². The van der Waals surface area contributed by atoms with Crippen LogP contribution in [0.1, 0.15) is 30.1 Å². The summed E-state index contributed by atoms with van der Waals surface area (Å²) in [5.74, 6) is 0.830. The number of ketones is 1. The summed E-state index contributed by atoms with van der Waals surface area (Å²) in [6.07, 6.45) is 1.43. The number of Topliss-reactive ketones (excluding diaryl/α,β-unsaturated/α-hetero) is 1. The van der Waals surface area contributed by atoms with Crippen molar-refractivity contribution in [2.75, 3.05) is 6.61 Å². The monoisotopic (exact) mass is 385 g/mol. The molecule has 0 aliphatic heterocycles. The largest absolute Gasteiger partial charge is 0.494 e. The van der Waals surface area contributed by atoms with E-state index < -0.39 is 0 Å². The van der Waals surface area contributed by atoms with Crippen LogP contribution in [0.2, 0.25) is 5.02 Å². The van der Waals surface area contributed by atoms with Gasteiger partial charge < -0.3 is 19.9 Å². The molecule has 27 heavy (non-hydrogen) atoms. The van der Waals surface area contributed by atoms with Gasteiger partial charge in [-0.2, -0.15) is 0 Å². The number of aliphatic hydroxyl groups is 1. The van der Waals surface area contributed by atoms with E-state index in [1.165, 1.54) is 6.92 Å². The number of aromatic amines is 1. The predicted octanol–water partition coefficient (Wildman–Crippen LogP) is 4.55. The van der Waals surface area contributed by atoms with E-state index in [4.69, 9.17) is 16.3 Å². The molecule has 3 N–H and O–H groups in total. The van der Waals surface area contributed by atoms with Gasteiger partial charge in [-0.25, -0.2) is 0 Å². The zero-order valence-electron chi connectivity index (χ0n) is 14.8. The quantitative estimate of drug-likeness (QED) is 0.563. The number of aromatic nitrogens is 1. The van der Waals surface area contributed by atoms with E-state index in [1.807, 2.05) is 30.3 Å². The molecule has 0 bridgehead atoms. The van der Waals surface area contributed by atoms with E-state index >= 15 is 0 Å².